The third-order valence-corrected chi connectivity index (χ3v) is 1.89. The highest BCUT2D eigenvalue weighted by atomic mass is 16.6. The molecule has 1 saturated heterocycles. The summed E-state index contributed by atoms with van der Waals surface area (Å²) in [6, 6.07) is 0. The van der Waals surface area contributed by atoms with Crippen LogP contribution in [0.1, 0.15) is 0 Å². The van der Waals surface area contributed by atoms with Gasteiger partial charge in [0.25, 0.3) is 0 Å². The van der Waals surface area contributed by atoms with Crippen molar-refractivity contribution in [2.45, 2.75) is 30.6 Å². The lowest BCUT2D eigenvalue weighted by molar-refractivity contribution is -0.226. The van der Waals surface area contributed by atoms with Crippen LogP contribution >= 0.6 is 0 Å². The molecule has 2 unspecified atom stereocenters. The first-order valence-electron chi connectivity index (χ1n) is 3.63. The minimum atomic E-state index is -1.67. The standard InChI is InChI=1S/C6H11NO6/c7-5-3(10)1(8)2(9)4(13-5)6(11)12/h1-5,8-10H,7H2,(H,11,12)/t1-,2?,3+,4-,5?/m0/s1. The monoisotopic (exact) mass is 193 g/mol. The zero-order valence-electron chi connectivity index (χ0n) is 6.57. The second-order valence-electron chi connectivity index (χ2n) is 2.83. The van der Waals surface area contributed by atoms with Gasteiger partial charge in [-0.3, -0.25) is 0 Å². The predicted molar refractivity (Wildman–Crippen MR) is 38.5 cm³/mol. The number of hydrogen-bond donors (Lipinski definition) is 5. The number of carboxylic acids is 1. The molecular formula is C6H11NO6. The largest absolute Gasteiger partial charge is 0.479 e. The molecule has 0 saturated carbocycles. The number of carboxylic acid groups (broad SMARTS) is 1. The average Bonchev–Trinajstić information content (AvgIpc) is 2.07. The number of aliphatic carboxylic acids is 1. The number of aliphatic hydroxyl groups is 3. The van der Waals surface area contributed by atoms with Gasteiger partial charge in [0.15, 0.2) is 6.10 Å². The van der Waals surface area contributed by atoms with Crippen molar-refractivity contribution in [1.82, 2.24) is 0 Å². The lowest BCUT2D eigenvalue weighted by Crippen LogP contribution is -2.62. The van der Waals surface area contributed by atoms with Crippen molar-refractivity contribution < 1.29 is 30.0 Å². The Morgan fingerprint density at radius 2 is 1.69 bits per heavy atom. The Morgan fingerprint density at radius 3 is 2.15 bits per heavy atom. The van der Waals surface area contributed by atoms with E-state index >= 15 is 0 Å². The molecular weight excluding hydrogens is 182 g/mol. The van der Waals surface area contributed by atoms with E-state index in [4.69, 9.17) is 26.2 Å². The lowest BCUT2D eigenvalue weighted by Gasteiger charge is -2.36. The maximum absolute atomic E-state index is 10.4. The summed E-state index contributed by atoms with van der Waals surface area (Å²) in [7, 11) is 0. The number of aliphatic hydroxyl groups excluding tert-OH is 3. The first-order chi connectivity index (χ1) is 5.95. The van der Waals surface area contributed by atoms with Crippen molar-refractivity contribution in [3.05, 3.63) is 0 Å². The minimum absolute atomic E-state index is 1.31. The summed E-state index contributed by atoms with van der Waals surface area (Å²) in [4.78, 5) is 10.4. The van der Waals surface area contributed by atoms with Gasteiger partial charge in [-0.05, 0) is 0 Å². The molecule has 0 amide bonds. The van der Waals surface area contributed by atoms with Crippen LogP contribution in [0, 0.1) is 0 Å². The fourth-order valence-corrected chi connectivity index (χ4v) is 1.11. The molecule has 0 aromatic rings. The summed E-state index contributed by atoms with van der Waals surface area (Å²) in [5, 5.41) is 35.8. The van der Waals surface area contributed by atoms with Gasteiger partial charge in [-0.15, -0.1) is 0 Å². The first-order valence-corrected chi connectivity index (χ1v) is 3.63. The van der Waals surface area contributed by atoms with E-state index in [0.29, 0.717) is 0 Å². The van der Waals surface area contributed by atoms with Crippen LogP contribution in [0.3, 0.4) is 0 Å². The number of carbonyl (C=O) groups is 1. The molecule has 13 heavy (non-hydrogen) atoms. The van der Waals surface area contributed by atoms with Crippen LogP contribution in [0.25, 0.3) is 0 Å². The van der Waals surface area contributed by atoms with E-state index in [-0.39, 0.29) is 0 Å². The number of nitrogens with two attached hydrogens (primary N) is 1. The fourth-order valence-electron chi connectivity index (χ4n) is 1.11. The number of rotatable bonds is 1. The molecule has 1 aliphatic rings. The molecule has 0 spiro atoms. The minimum Gasteiger partial charge on any atom is -0.479 e. The molecule has 0 radical (unpaired) electrons. The van der Waals surface area contributed by atoms with E-state index in [1.807, 2.05) is 0 Å². The molecule has 7 heteroatoms. The highest BCUT2D eigenvalue weighted by molar-refractivity contribution is 5.73. The van der Waals surface area contributed by atoms with Crippen LogP contribution in [0.5, 0.6) is 0 Å². The van der Waals surface area contributed by atoms with Gasteiger partial charge < -0.3 is 30.9 Å². The highest BCUT2D eigenvalue weighted by Gasteiger charge is 2.45. The Hall–Kier alpha value is -0.730. The predicted octanol–water partition coefficient (Wildman–Crippen LogP) is -3.16. The molecule has 5 atom stereocenters. The summed E-state index contributed by atoms with van der Waals surface area (Å²) in [5.41, 5.74) is 5.15. The van der Waals surface area contributed by atoms with E-state index in [1.165, 1.54) is 0 Å². The van der Waals surface area contributed by atoms with Crippen LogP contribution in [0.15, 0.2) is 0 Å². The van der Waals surface area contributed by atoms with E-state index in [0.717, 1.165) is 0 Å². The maximum atomic E-state index is 10.4. The third kappa shape index (κ3) is 1.79. The summed E-state index contributed by atoms with van der Waals surface area (Å²) in [6.07, 6.45) is -7.67. The zero-order chi connectivity index (χ0) is 10.2. The molecule has 0 aromatic heterocycles. The van der Waals surface area contributed by atoms with E-state index in [2.05, 4.69) is 4.74 Å². The summed E-state index contributed by atoms with van der Waals surface area (Å²) >= 11 is 0. The highest BCUT2D eigenvalue weighted by Crippen LogP contribution is 2.18. The number of hydrogen-bond acceptors (Lipinski definition) is 6. The molecule has 76 valence electrons. The lowest BCUT2D eigenvalue weighted by atomic mass is 9.98. The molecule has 1 heterocycles. The van der Waals surface area contributed by atoms with Crippen molar-refractivity contribution in [3.8, 4) is 0 Å². The molecule has 0 bridgehead atoms. The Kier molecular flexibility index (Phi) is 2.84. The normalized spacial score (nSPS) is 46.0. The van der Waals surface area contributed by atoms with Gasteiger partial charge >= 0.3 is 5.97 Å². The van der Waals surface area contributed by atoms with Gasteiger partial charge in [0.2, 0.25) is 0 Å². The quantitative estimate of drug-likeness (QED) is 0.296. The fraction of sp³-hybridized carbons (Fsp3) is 0.833. The SMILES string of the molecule is NC1O[C@H](C(=O)O)C(O)[C@H](O)[C@H]1O. The molecule has 1 aliphatic heterocycles. The van der Waals surface area contributed by atoms with Crippen LogP contribution in [0.4, 0.5) is 0 Å². The summed E-state index contributed by atoms with van der Waals surface area (Å²) < 4.78 is 4.56. The van der Waals surface area contributed by atoms with Crippen LogP contribution in [-0.4, -0.2) is 57.0 Å². The van der Waals surface area contributed by atoms with Gasteiger partial charge in [-0.1, -0.05) is 0 Å². The van der Waals surface area contributed by atoms with Crippen molar-refractivity contribution in [2.75, 3.05) is 0 Å². The van der Waals surface area contributed by atoms with Gasteiger partial charge in [-0.2, -0.15) is 0 Å². The van der Waals surface area contributed by atoms with Crippen molar-refractivity contribution in [3.63, 3.8) is 0 Å². The second kappa shape index (κ2) is 3.56. The van der Waals surface area contributed by atoms with Gasteiger partial charge in [0, 0.05) is 0 Å². The molecule has 0 aliphatic carbocycles. The average molecular weight is 193 g/mol. The zero-order valence-corrected chi connectivity index (χ0v) is 6.57. The summed E-state index contributed by atoms with van der Waals surface area (Å²) in [5.74, 6) is -1.44. The van der Waals surface area contributed by atoms with Crippen LogP contribution < -0.4 is 5.73 Å². The Morgan fingerprint density at radius 1 is 1.15 bits per heavy atom. The van der Waals surface area contributed by atoms with Gasteiger partial charge in [-0.25, -0.2) is 4.79 Å². The maximum Gasteiger partial charge on any atom is 0.335 e. The van der Waals surface area contributed by atoms with Crippen molar-refractivity contribution in [2.24, 2.45) is 5.73 Å². The Balaban J connectivity index is 2.76. The smallest absolute Gasteiger partial charge is 0.335 e. The first kappa shape index (κ1) is 10.4. The molecule has 1 rings (SSSR count). The Bertz CT molecular complexity index is 209. The molecule has 7 nitrogen and oxygen atoms in total. The second-order valence-corrected chi connectivity index (χ2v) is 2.83. The molecule has 6 N–H and O–H groups in total. The van der Waals surface area contributed by atoms with E-state index in [9.17, 15) is 4.79 Å². The summed E-state index contributed by atoms with van der Waals surface area (Å²) in [6.45, 7) is 0. The Labute approximate surface area is 73.4 Å². The van der Waals surface area contributed by atoms with Gasteiger partial charge in [0.1, 0.15) is 24.5 Å². The van der Waals surface area contributed by atoms with Crippen LogP contribution in [0.2, 0.25) is 0 Å². The molecule has 0 aromatic carbocycles. The van der Waals surface area contributed by atoms with Gasteiger partial charge in [0.05, 0.1) is 0 Å². The van der Waals surface area contributed by atoms with Crippen molar-refractivity contribution in [1.29, 1.82) is 0 Å². The number of ether oxygens (including phenoxy) is 1. The third-order valence-electron chi connectivity index (χ3n) is 1.89. The van der Waals surface area contributed by atoms with E-state index in [1.54, 1.807) is 0 Å². The van der Waals surface area contributed by atoms with Crippen LogP contribution in [-0.2, 0) is 9.53 Å². The van der Waals surface area contributed by atoms with E-state index < -0.39 is 36.6 Å². The topological polar surface area (TPSA) is 133 Å². The molecule has 1 fully saturated rings. The van der Waals surface area contributed by atoms with Crippen molar-refractivity contribution >= 4 is 5.97 Å².